The van der Waals surface area contributed by atoms with E-state index in [-0.39, 0.29) is 12.6 Å². The lowest BCUT2D eigenvalue weighted by molar-refractivity contribution is -0.139. The molecule has 2 aromatic rings. The molecule has 0 aromatic carbocycles. The summed E-state index contributed by atoms with van der Waals surface area (Å²) < 4.78 is 10.1. The summed E-state index contributed by atoms with van der Waals surface area (Å²) in [6.07, 6.45) is 2.99. The largest absolute Gasteiger partial charge is 0.456 e. The molecule has 4 nitrogen and oxygen atoms in total. The third-order valence-electron chi connectivity index (χ3n) is 1.99. The van der Waals surface area contributed by atoms with Gasteiger partial charge in [0.05, 0.1) is 4.88 Å². The molecule has 0 saturated carbocycles. The summed E-state index contributed by atoms with van der Waals surface area (Å²) in [5.41, 5.74) is 0.603. The van der Waals surface area contributed by atoms with Crippen molar-refractivity contribution in [2.24, 2.45) is 0 Å². The molecule has 0 fully saturated rings. The summed E-state index contributed by atoms with van der Waals surface area (Å²) in [6, 6.07) is 5.66. The van der Waals surface area contributed by atoms with Gasteiger partial charge in [-0.05, 0) is 18.4 Å². The molecule has 0 aliphatic heterocycles. The van der Waals surface area contributed by atoms with Crippen LogP contribution in [0.25, 0.3) is 10.6 Å². The van der Waals surface area contributed by atoms with Crippen molar-refractivity contribution in [2.75, 3.05) is 0 Å². The van der Waals surface area contributed by atoms with Crippen LogP contribution in [0.2, 0.25) is 0 Å². The number of nitrogens with zero attached hydrogens (tertiary/aromatic N) is 1. The quantitative estimate of drug-likeness (QED) is 0.617. The third-order valence-corrected chi connectivity index (χ3v) is 2.87. The third kappa shape index (κ3) is 3.04. The molecule has 0 atom stereocenters. The van der Waals surface area contributed by atoms with E-state index in [1.807, 2.05) is 17.5 Å². The molecule has 0 radical (unpaired) electrons. The van der Waals surface area contributed by atoms with Crippen molar-refractivity contribution in [2.45, 2.75) is 13.5 Å². The lowest BCUT2D eigenvalue weighted by Gasteiger charge is -1.96. The first-order valence-corrected chi connectivity index (χ1v) is 5.96. The average molecular weight is 249 g/mol. The lowest BCUT2D eigenvalue weighted by Crippen LogP contribution is -2.00. The first-order chi connectivity index (χ1) is 8.29. The zero-order valence-corrected chi connectivity index (χ0v) is 10.1. The molecule has 5 heteroatoms. The van der Waals surface area contributed by atoms with Gasteiger partial charge in [-0.2, -0.15) is 0 Å². The van der Waals surface area contributed by atoms with E-state index < -0.39 is 0 Å². The highest BCUT2D eigenvalue weighted by Gasteiger charge is 2.08. The van der Waals surface area contributed by atoms with Gasteiger partial charge < -0.3 is 9.26 Å². The van der Waals surface area contributed by atoms with Gasteiger partial charge in [-0.25, -0.2) is 4.79 Å². The van der Waals surface area contributed by atoms with Gasteiger partial charge in [0.1, 0.15) is 12.3 Å². The fraction of sp³-hybridized carbons (Fsp3) is 0.167. The smallest absolute Gasteiger partial charge is 0.330 e. The number of carbonyl (C=O) groups excluding carboxylic acids is 1. The van der Waals surface area contributed by atoms with E-state index in [0.717, 1.165) is 4.88 Å². The summed E-state index contributed by atoms with van der Waals surface area (Å²) in [7, 11) is 0. The van der Waals surface area contributed by atoms with Crippen molar-refractivity contribution in [3.63, 3.8) is 0 Å². The molecule has 2 aromatic heterocycles. The van der Waals surface area contributed by atoms with E-state index in [1.165, 1.54) is 6.08 Å². The van der Waals surface area contributed by atoms with E-state index in [4.69, 9.17) is 9.26 Å². The van der Waals surface area contributed by atoms with Crippen molar-refractivity contribution in [1.82, 2.24) is 5.16 Å². The predicted molar refractivity (Wildman–Crippen MR) is 64.4 cm³/mol. The molecule has 0 saturated heterocycles. The number of carbonyl (C=O) groups is 1. The minimum absolute atomic E-state index is 0.123. The Morgan fingerprint density at radius 3 is 3.24 bits per heavy atom. The predicted octanol–water partition coefficient (Wildman–Crippen LogP) is 3.02. The monoisotopic (exact) mass is 249 g/mol. The van der Waals surface area contributed by atoms with Crippen LogP contribution < -0.4 is 0 Å². The summed E-state index contributed by atoms with van der Waals surface area (Å²) in [5.74, 6) is 0.310. The summed E-state index contributed by atoms with van der Waals surface area (Å²) in [6.45, 7) is 1.88. The average Bonchev–Trinajstić information content (AvgIpc) is 2.97. The first kappa shape index (κ1) is 11.6. The molecule has 0 aliphatic rings. The molecule has 0 N–H and O–H groups in total. The summed E-state index contributed by atoms with van der Waals surface area (Å²) in [4.78, 5) is 12.1. The Labute approximate surface area is 103 Å². The molecule has 2 rings (SSSR count). The molecular formula is C12H11NO3S. The Hall–Kier alpha value is -1.88. The number of ether oxygens (including phenoxy) is 1. The van der Waals surface area contributed by atoms with Crippen LogP contribution in [0.1, 0.15) is 12.6 Å². The zero-order valence-electron chi connectivity index (χ0n) is 9.25. The van der Waals surface area contributed by atoms with Crippen LogP contribution in [-0.4, -0.2) is 11.1 Å². The van der Waals surface area contributed by atoms with Gasteiger partial charge in [-0.3, -0.25) is 0 Å². The zero-order chi connectivity index (χ0) is 12.1. The fourth-order valence-corrected chi connectivity index (χ4v) is 1.92. The number of aromatic nitrogens is 1. The second-order valence-corrected chi connectivity index (χ2v) is 4.22. The molecule has 0 spiro atoms. The van der Waals surface area contributed by atoms with Crippen LogP contribution in [0.4, 0.5) is 0 Å². The minimum Gasteiger partial charge on any atom is -0.456 e. The normalized spacial score (nSPS) is 10.9. The number of allylic oxidation sites excluding steroid dienone is 1. The van der Waals surface area contributed by atoms with Gasteiger partial charge in [-0.1, -0.05) is 17.3 Å². The highest BCUT2D eigenvalue weighted by molar-refractivity contribution is 7.13. The SMILES string of the molecule is C/C=C\C(=O)OCc1cc(-c2cccs2)on1. The van der Waals surface area contributed by atoms with Crippen LogP contribution >= 0.6 is 11.3 Å². The van der Waals surface area contributed by atoms with Crippen LogP contribution in [-0.2, 0) is 16.1 Å². The molecule has 88 valence electrons. The van der Waals surface area contributed by atoms with Gasteiger partial charge in [0.25, 0.3) is 0 Å². The van der Waals surface area contributed by atoms with Gasteiger partial charge in [0, 0.05) is 12.1 Å². The molecule has 0 bridgehead atoms. The molecule has 0 unspecified atom stereocenters. The second kappa shape index (κ2) is 5.45. The molecule has 0 aliphatic carbocycles. The molecule has 2 heterocycles. The lowest BCUT2D eigenvalue weighted by atomic mass is 10.3. The fourth-order valence-electron chi connectivity index (χ4n) is 1.24. The van der Waals surface area contributed by atoms with Crippen molar-refractivity contribution >= 4 is 17.3 Å². The van der Waals surface area contributed by atoms with Crippen LogP contribution in [0, 0.1) is 0 Å². The molecular weight excluding hydrogens is 238 g/mol. The standard InChI is InChI=1S/C12H11NO3S/c1-2-4-12(14)15-8-9-7-10(16-13-9)11-5-3-6-17-11/h2-7H,8H2,1H3/b4-2-. The number of thiophene rings is 1. The number of rotatable bonds is 4. The van der Waals surface area contributed by atoms with E-state index in [0.29, 0.717) is 11.5 Å². The highest BCUT2D eigenvalue weighted by Crippen LogP contribution is 2.25. The maximum Gasteiger partial charge on any atom is 0.330 e. The Kier molecular flexibility index (Phi) is 3.72. The van der Waals surface area contributed by atoms with Crippen LogP contribution in [0.3, 0.4) is 0 Å². The number of esters is 1. The summed E-state index contributed by atoms with van der Waals surface area (Å²) >= 11 is 1.57. The number of hydrogen-bond donors (Lipinski definition) is 0. The van der Waals surface area contributed by atoms with Gasteiger partial charge in [-0.15, -0.1) is 11.3 Å². The minimum atomic E-state index is -0.381. The van der Waals surface area contributed by atoms with E-state index in [2.05, 4.69) is 5.16 Å². The topological polar surface area (TPSA) is 52.3 Å². The van der Waals surface area contributed by atoms with Gasteiger partial charge >= 0.3 is 5.97 Å². The maximum atomic E-state index is 11.1. The van der Waals surface area contributed by atoms with Crippen molar-refractivity contribution in [1.29, 1.82) is 0 Å². The van der Waals surface area contributed by atoms with Crippen LogP contribution in [0.15, 0.2) is 40.3 Å². The van der Waals surface area contributed by atoms with Crippen LogP contribution in [0.5, 0.6) is 0 Å². The van der Waals surface area contributed by atoms with E-state index in [9.17, 15) is 4.79 Å². The Bertz CT molecular complexity index is 514. The first-order valence-electron chi connectivity index (χ1n) is 5.08. The van der Waals surface area contributed by atoms with E-state index >= 15 is 0 Å². The Balaban J connectivity index is 1.97. The van der Waals surface area contributed by atoms with Crippen molar-refractivity contribution < 1.29 is 14.1 Å². The second-order valence-electron chi connectivity index (χ2n) is 3.27. The van der Waals surface area contributed by atoms with E-state index in [1.54, 1.807) is 30.4 Å². The number of hydrogen-bond acceptors (Lipinski definition) is 5. The maximum absolute atomic E-state index is 11.1. The van der Waals surface area contributed by atoms with Gasteiger partial charge in [0.15, 0.2) is 5.76 Å². The Morgan fingerprint density at radius 1 is 1.65 bits per heavy atom. The Morgan fingerprint density at radius 2 is 2.53 bits per heavy atom. The molecule has 17 heavy (non-hydrogen) atoms. The van der Waals surface area contributed by atoms with Crippen molar-refractivity contribution in [3.05, 3.63) is 41.4 Å². The molecule has 0 amide bonds. The van der Waals surface area contributed by atoms with Crippen molar-refractivity contribution in [3.8, 4) is 10.6 Å². The van der Waals surface area contributed by atoms with Gasteiger partial charge in [0.2, 0.25) is 0 Å². The summed E-state index contributed by atoms with van der Waals surface area (Å²) in [5, 5.41) is 5.80. The highest BCUT2D eigenvalue weighted by atomic mass is 32.1.